The summed E-state index contributed by atoms with van der Waals surface area (Å²) in [5.74, 6) is 1.67. The van der Waals surface area contributed by atoms with E-state index in [0.717, 1.165) is 37.5 Å². The van der Waals surface area contributed by atoms with Crippen molar-refractivity contribution in [3.63, 3.8) is 0 Å². The molecule has 2 nitrogen and oxygen atoms in total. The first-order valence-electron chi connectivity index (χ1n) is 6.33. The van der Waals surface area contributed by atoms with Crippen LogP contribution in [0.2, 0.25) is 0 Å². The molecule has 2 heteroatoms. The van der Waals surface area contributed by atoms with Gasteiger partial charge >= 0.3 is 0 Å². The summed E-state index contributed by atoms with van der Waals surface area (Å²) in [6.07, 6.45) is 10.1. The highest BCUT2D eigenvalue weighted by Crippen LogP contribution is 2.27. The summed E-state index contributed by atoms with van der Waals surface area (Å²) in [7, 11) is 0. The van der Waals surface area contributed by atoms with Crippen LogP contribution in [-0.4, -0.2) is 6.04 Å². The Kier molecular flexibility index (Phi) is 2.40. The Morgan fingerprint density at radius 2 is 2.12 bits per heavy atom. The molecule has 0 bridgehead atoms. The highest BCUT2D eigenvalue weighted by molar-refractivity contribution is 5.41. The van der Waals surface area contributed by atoms with E-state index in [4.69, 9.17) is 10.2 Å². The predicted octanol–water partition coefficient (Wildman–Crippen LogP) is 1.40. The average molecular weight is 217 g/mol. The highest BCUT2D eigenvalue weighted by atomic mass is 16.3. The summed E-state index contributed by atoms with van der Waals surface area (Å²) in [5, 5.41) is 1.36. The van der Waals surface area contributed by atoms with Crippen LogP contribution < -0.4 is 16.4 Å². The fraction of sp³-hybridized carbons (Fsp3) is 0.571. The van der Waals surface area contributed by atoms with Gasteiger partial charge in [0, 0.05) is 22.7 Å². The van der Waals surface area contributed by atoms with Crippen molar-refractivity contribution in [1.82, 2.24) is 0 Å². The van der Waals surface area contributed by atoms with Gasteiger partial charge in [-0.1, -0.05) is 13.0 Å². The summed E-state index contributed by atoms with van der Waals surface area (Å²) in [6.45, 7) is 2.24. The Morgan fingerprint density at radius 1 is 1.31 bits per heavy atom. The van der Waals surface area contributed by atoms with Crippen LogP contribution >= 0.6 is 0 Å². The first kappa shape index (κ1) is 10.2. The van der Waals surface area contributed by atoms with Gasteiger partial charge in [0.2, 0.25) is 0 Å². The van der Waals surface area contributed by atoms with Gasteiger partial charge in [-0.15, -0.1) is 0 Å². The molecule has 2 aliphatic carbocycles. The molecule has 1 heterocycles. The number of hydrogen-bond donors (Lipinski definition) is 1. The molecule has 0 saturated carbocycles. The summed E-state index contributed by atoms with van der Waals surface area (Å²) in [5.41, 5.74) is 8.63. The lowest BCUT2D eigenvalue weighted by molar-refractivity contribution is 0.426. The van der Waals surface area contributed by atoms with Crippen LogP contribution in [0.1, 0.15) is 49.8 Å². The zero-order chi connectivity index (χ0) is 11.1. The van der Waals surface area contributed by atoms with E-state index in [9.17, 15) is 0 Å². The van der Waals surface area contributed by atoms with Crippen LogP contribution in [-0.2, 0) is 6.42 Å². The van der Waals surface area contributed by atoms with Gasteiger partial charge in [0.15, 0.2) is 0 Å². The third-order valence-electron chi connectivity index (χ3n) is 3.82. The van der Waals surface area contributed by atoms with Crippen LogP contribution in [0.3, 0.4) is 0 Å². The first-order valence-corrected chi connectivity index (χ1v) is 6.33. The van der Waals surface area contributed by atoms with Crippen molar-refractivity contribution in [2.75, 3.05) is 0 Å². The standard InChI is InChI=1S/C14H19NO/c1-9-8-10(15)6-7-12-11-4-2-3-5-13(11)16-14(9)12/h4-5,9-10H,2-3,6-8,15H2,1H3. The molecular weight excluding hydrogens is 198 g/mol. The molecule has 0 aromatic carbocycles. The number of hydrogen-bond acceptors (Lipinski definition) is 2. The van der Waals surface area contributed by atoms with E-state index in [1.807, 2.05) is 0 Å². The average Bonchev–Trinajstić information content (AvgIpc) is 2.58. The molecule has 0 aliphatic heterocycles. The summed E-state index contributed by atoms with van der Waals surface area (Å²) in [4.78, 5) is 0. The van der Waals surface area contributed by atoms with Crippen LogP contribution in [0.25, 0.3) is 12.2 Å². The summed E-state index contributed by atoms with van der Waals surface area (Å²) >= 11 is 0. The maximum absolute atomic E-state index is 6.08. The van der Waals surface area contributed by atoms with E-state index in [-0.39, 0.29) is 0 Å². The lowest BCUT2D eigenvalue weighted by Crippen LogP contribution is -2.26. The molecule has 0 spiro atoms. The molecule has 1 aromatic rings. The fourth-order valence-electron chi connectivity index (χ4n) is 3.00. The molecule has 1 aromatic heterocycles. The number of fused-ring (bicyclic) bond motifs is 3. The Balaban J connectivity index is 2.18. The molecule has 0 amide bonds. The molecule has 2 N–H and O–H groups in total. The van der Waals surface area contributed by atoms with Crippen LogP contribution in [0.4, 0.5) is 0 Å². The minimum Gasteiger partial charge on any atom is -0.461 e. The van der Waals surface area contributed by atoms with Gasteiger partial charge in [0.25, 0.3) is 0 Å². The zero-order valence-corrected chi connectivity index (χ0v) is 9.83. The third-order valence-corrected chi connectivity index (χ3v) is 3.82. The van der Waals surface area contributed by atoms with Gasteiger partial charge < -0.3 is 10.2 Å². The van der Waals surface area contributed by atoms with Crippen molar-refractivity contribution in [1.29, 1.82) is 0 Å². The molecule has 16 heavy (non-hydrogen) atoms. The number of furan rings is 1. The van der Waals surface area contributed by atoms with Gasteiger partial charge in [-0.05, 0) is 38.2 Å². The Hall–Kier alpha value is -1.02. The topological polar surface area (TPSA) is 39.2 Å². The number of rotatable bonds is 0. The molecule has 2 unspecified atom stereocenters. The van der Waals surface area contributed by atoms with E-state index in [1.54, 1.807) is 0 Å². The molecule has 0 fully saturated rings. The molecule has 2 aliphatic rings. The van der Waals surface area contributed by atoms with Crippen molar-refractivity contribution in [3.8, 4) is 0 Å². The van der Waals surface area contributed by atoms with E-state index in [2.05, 4.69) is 19.1 Å². The third kappa shape index (κ3) is 1.52. The minimum absolute atomic E-state index is 0.334. The maximum atomic E-state index is 6.08. The largest absolute Gasteiger partial charge is 0.461 e. The fourth-order valence-corrected chi connectivity index (χ4v) is 3.00. The molecule has 3 rings (SSSR count). The van der Waals surface area contributed by atoms with Crippen LogP contribution in [0.15, 0.2) is 4.42 Å². The Labute approximate surface area is 95.8 Å². The normalized spacial score (nSPS) is 28.4. The molecule has 86 valence electrons. The number of nitrogens with two attached hydrogens (primary N) is 1. The monoisotopic (exact) mass is 217 g/mol. The molecular formula is C14H19NO. The van der Waals surface area contributed by atoms with E-state index >= 15 is 0 Å². The second-order valence-corrected chi connectivity index (χ2v) is 5.14. The quantitative estimate of drug-likeness (QED) is 0.667. The molecule has 0 radical (unpaired) electrons. The summed E-state index contributed by atoms with van der Waals surface area (Å²) < 4.78 is 6.03. The van der Waals surface area contributed by atoms with Gasteiger partial charge in [-0.25, -0.2) is 0 Å². The van der Waals surface area contributed by atoms with Gasteiger partial charge in [0.1, 0.15) is 11.2 Å². The highest BCUT2D eigenvalue weighted by Gasteiger charge is 2.24. The van der Waals surface area contributed by atoms with Crippen molar-refractivity contribution in [3.05, 3.63) is 22.0 Å². The second kappa shape index (κ2) is 3.77. The van der Waals surface area contributed by atoms with Crippen molar-refractivity contribution in [2.24, 2.45) is 5.73 Å². The van der Waals surface area contributed by atoms with Crippen molar-refractivity contribution in [2.45, 2.75) is 51.0 Å². The van der Waals surface area contributed by atoms with Gasteiger partial charge in [-0.2, -0.15) is 0 Å². The first-order chi connectivity index (χ1) is 7.75. The Morgan fingerprint density at radius 3 is 3.00 bits per heavy atom. The lowest BCUT2D eigenvalue weighted by atomic mass is 10.0. The van der Waals surface area contributed by atoms with Crippen molar-refractivity contribution >= 4 is 12.2 Å². The molecule has 2 atom stereocenters. The predicted molar refractivity (Wildman–Crippen MR) is 65.5 cm³/mol. The lowest BCUT2D eigenvalue weighted by Gasteiger charge is -2.10. The Bertz CT molecular complexity index is 512. The molecule has 0 saturated heterocycles. The van der Waals surface area contributed by atoms with Crippen LogP contribution in [0.5, 0.6) is 0 Å². The van der Waals surface area contributed by atoms with Gasteiger partial charge in [-0.3, -0.25) is 0 Å². The SMILES string of the molecule is CC1CC(N)CCc2c1oc1c2=CCCC=1. The van der Waals surface area contributed by atoms with Crippen molar-refractivity contribution < 1.29 is 4.42 Å². The maximum Gasteiger partial charge on any atom is 0.130 e. The van der Waals surface area contributed by atoms with Gasteiger partial charge in [0.05, 0.1) is 0 Å². The van der Waals surface area contributed by atoms with E-state index < -0.39 is 0 Å². The second-order valence-electron chi connectivity index (χ2n) is 5.14. The van der Waals surface area contributed by atoms with Crippen LogP contribution in [0, 0.1) is 0 Å². The summed E-state index contributed by atoms with van der Waals surface area (Å²) in [6, 6.07) is 0.334. The minimum atomic E-state index is 0.334. The smallest absolute Gasteiger partial charge is 0.130 e. The zero-order valence-electron chi connectivity index (χ0n) is 9.83. The van der Waals surface area contributed by atoms with E-state index in [1.165, 1.54) is 16.5 Å². The van der Waals surface area contributed by atoms with E-state index in [0.29, 0.717) is 12.0 Å².